The van der Waals surface area contributed by atoms with Crippen molar-refractivity contribution < 1.29 is 0 Å². The smallest absolute Gasteiger partial charge is 0.0410 e. The summed E-state index contributed by atoms with van der Waals surface area (Å²) in [5.41, 5.74) is 1.17. The Labute approximate surface area is 86.7 Å². The lowest BCUT2D eigenvalue weighted by Gasteiger charge is -2.11. The number of pyridine rings is 1. The first-order valence-electron chi connectivity index (χ1n) is 3.75. The molecule has 0 spiro atoms. The third kappa shape index (κ3) is 3.13. The molecule has 0 atom stereocenters. The lowest BCUT2D eigenvalue weighted by atomic mass is 10.3. The lowest BCUT2D eigenvalue weighted by molar-refractivity contribution is 0.498. The van der Waals surface area contributed by atoms with Crippen molar-refractivity contribution in [2.45, 2.75) is 13.5 Å². The molecule has 0 aliphatic carbocycles. The van der Waals surface area contributed by atoms with Crippen LogP contribution in [0.4, 0.5) is 0 Å². The summed E-state index contributed by atoms with van der Waals surface area (Å²) in [6.45, 7) is 3.82. The van der Waals surface area contributed by atoms with Crippen molar-refractivity contribution in [3.8, 4) is 0 Å². The first-order valence-corrected chi connectivity index (χ1v) is 4.95. The molecular formula is C8H11BrN2S. The Kier molecular flexibility index (Phi) is 4.05. The standard InChI is InChI=1S/C8H11BrN2S/c1-2-11(12)6-7-3-8(9)5-10-4-7/h3-5,12H,2,6H2,1H3. The minimum Gasteiger partial charge on any atom is -0.263 e. The number of aromatic nitrogens is 1. The van der Waals surface area contributed by atoms with E-state index in [2.05, 4.69) is 40.7 Å². The zero-order valence-corrected chi connectivity index (χ0v) is 9.35. The molecule has 1 heterocycles. The zero-order valence-electron chi connectivity index (χ0n) is 6.87. The fourth-order valence-electron chi connectivity index (χ4n) is 0.865. The van der Waals surface area contributed by atoms with Gasteiger partial charge in [-0.3, -0.25) is 4.98 Å². The van der Waals surface area contributed by atoms with Gasteiger partial charge in [0.15, 0.2) is 0 Å². The van der Waals surface area contributed by atoms with E-state index in [9.17, 15) is 0 Å². The molecule has 0 N–H and O–H groups in total. The largest absolute Gasteiger partial charge is 0.263 e. The van der Waals surface area contributed by atoms with Crippen molar-refractivity contribution in [2.24, 2.45) is 0 Å². The maximum Gasteiger partial charge on any atom is 0.0410 e. The normalized spacial score (nSPS) is 10.7. The average molecular weight is 247 g/mol. The van der Waals surface area contributed by atoms with Crippen LogP contribution in [0.3, 0.4) is 0 Å². The molecule has 1 rings (SSSR count). The van der Waals surface area contributed by atoms with Crippen LogP contribution in [-0.2, 0) is 6.54 Å². The highest BCUT2D eigenvalue weighted by Crippen LogP contribution is 2.11. The van der Waals surface area contributed by atoms with Gasteiger partial charge >= 0.3 is 0 Å². The van der Waals surface area contributed by atoms with E-state index in [1.807, 2.05) is 16.6 Å². The van der Waals surface area contributed by atoms with E-state index in [4.69, 9.17) is 0 Å². The highest BCUT2D eigenvalue weighted by molar-refractivity contribution is 9.10. The minimum absolute atomic E-state index is 0.825. The Balaban J connectivity index is 2.63. The molecule has 0 fully saturated rings. The molecule has 0 amide bonds. The fraction of sp³-hybridized carbons (Fsp3) is 0.375. The molecule has 0 unspecified atom stereocenters. The van der Waals surface area contributed by atoms with Gasteiger partial charge in [-0.2, -0.15) is 0 Å². The van der Waals surface area contributed by atoms with Crippen LogP contribution >= 0.6 is 28.7 Å². The van der Waals surface area contributed by atoms with E-state index in [0.29, 0.717) is 0 Å². The molecule has 0 radical (unpaired) electrons. The second kappa shape index (κ2) is 4.84. The van der Waals surface area contributed by atoms with Crippen LogP contribution in [0.5, 0.6) is 0 Å². The molecule has 4 heteroatoms. The summed E-state index contributed by atoms with van der Waals surface area (Å²) >= 11 is 7.63. The molecule has 0 aliphatic heterocycles. The van der Waals surface area contributed by atoms with Crippen molar-refractivity contribution >= 4 is 28.7 Å². The first kappa shape index (κ1) is 10.0. The van der Waals surface area contributed by atoms with E-state index >= 15 is 0 Å². The zero-order chi connectivity index (χ0) is 8.97. The highest BCUT2D eigenvalue weighted by Gasteiger charge is 1.98. The molecule has 1 aromatic heterocycles. The topological polar surface area (TPSA) is 16.1 Å². The molecule has 0 saturated heterocycles. The van der Waals surface area contributed by atoms with E-state index in [1.165, 1.54) is 5.56 Å². The van der Waals surface area contributed by atoms with Gasteiger partial charge in [-0.25, -0.2) is 4.31 Å². The Morgan fingerprint density at radius 1 is 1.58 bits per heavy atom. The predicted molar refractivity (Wildman–Crippen MR) is 57.0 cm³/mol. The summed E-state index contributed by atoms with van der Waals surface area (Å²) in [4.78, 5) is 4.06. The number of rotatable bonds is 3. The minimum atomic E-state index is 0.825. The van der Waals surface area contributed by atoms with Gasteiger partial charge < -0.3 is 0 Å². The van der Waals surface area contributed by atoms with Crippen molar-refractivity contribution in [3.63, 3.8) is 0 Å². The van der Waals surface area contributed by atoms with Gasteiger partial charge in [0.25, 0.3) is 0 Å². The summed E-state index contributed by atoms with van der Waals surface area (Å²) in [6.07, 6.45) is 3.63. The SMILES string of the molecule is CCN(S)Cc1cncc(Br)c1. The highest BCUT2D eigenvalue weighted by atomic mass is 79.9. The average Bonchev–Trinajstić information content (AvgIpc) is 2.04. The van der Waals surface area contributed by atoms with E-state index < -0.39 is 0 Å². The maximum atomic E-state index is 4.27. The van der Waals surface area contributed by atoms with Crippen LogP contribution in [0.15, 0.2) is 22.9 Å². The Morgan fingerprint density at radius 2 is 2.33 bits per heavy atom. The summed E-state index contributed by atoms with van der Waals surface area (Å²) in [7, 11) is 0. The molecule has 0 aliphatic rings. The van der Waals surface area contributed by atoms with Crippen LogP contribution < -0.4 is 0 Å². The molecule has 0 saturated carbocycles. The van der Waals surface area contributed by atoms with Gasteiger partial charge in [0, 0.05) is 30.0 Å². The van der Waals surface area contributed by atoms with Crippen LogP contribution in [0.25, 0.3) is 0 Å². The van der Waals surface area contributed by atoms with Gasteiger partial charge in [0.2, 0.25) is 0 Å². The molecule has 2 nitrogen and oxygen atoms in total. The summed E-state index contributed by atoms with van der Waals surface area (Å²) in [5.74, 6) is 0. The first-order chi connectivity index (χ1) is 5.72. The van der Waals surface area contributed by atoms with Crippen LogP contribution in [-0.4, -0.2) is 15.8 Å². The van der Waals surface area contributed by atoms with Gasteiger partial charge in [0.05, 0.1) is 0 Å². The summed E-state index contributed by atoms with van der Waals surface area (Å²) < 4.78 is 2.95. The molecule has 66 valence electrons. The molecule has 1 aromatic rings. The summed E-state index contributed by atoms with van der Waals surface area (Å²) in [6, 6.07) is 2.05. The lowest BCUT2D eigenvalue weighted by Crippen LogP contribution is -2.10. The number of halogens is 1. The Morgan fingerprint density at radius 3 is 2.92 bits per heavy atom. The number of hydrogen-bond donors (Lipinski definition) is 1. The number of hydrogen-bond acceptors (Lipinski definition) is 3. The van der Waals surface area contributed by atoms with Crippen molar-refractivity contribution in [1.29, 1.82) is 0 Å². The van der Waals surface area contributed by atoms with Crippen LogP contribution in [0.2, 0.25) is 0 Å². The quantitative estimate of drug-likeness (QED) is 0.826. The second-order valence-corrected chi connectivity index (χ2v) is 3.97. The molecule has 12 heavy (non-hydrogen) atoms. The maximum absolute atomic E-state index is 4.27. The van der Waals surface area contributed by atoms with E-state index in [0.717, 1.165) is 17.6 Å². The predicted octanol–water partition coefficient (Wildman–Crippen LogP) is 2.51. The Bertz CT molecular complexity index is 255. The third-order valence-electron chi connectivity index (χ3n) is 1.49. The van der Waals surface area contributed by atoms with Crippen molar-refractivity contribution in [3.05, 3.63) is 28.5 Å². The van der Waals surface area contributed by atoms with Gasteiger partial charge in [0.1, 0.15) is 0 Å². The van der Waals surface area contributed by atoms with Gasteiger partial charge in [-0.1, -0.05) is 19.7 Å². The third-order valence-corrected chi connectivity index (χ3v) is 2.35. The monoisotopic (exact) mass is 246 g/mol. The van der Waals surface area contributed by atoms with Gasteiger partial charge in [-0.05, 0) is 27.6 Å². The van der Waals surface area contributed by atoms with E-state index in [1.54, 1.807) is 6.20 Å². The van der Waals surface area contributed by atoms with Crippen LogP contribution in [0, 0.1) is 0 Å². The number of thiol groups is 1. The fourth-order valence-corrected chi connectivity index (χ4v) is 1.44. The summed E-state index contributed by atoms with van der Waals surface area (Å²) in [5, 5.41) is 0. The van der Waals surface area contributed by atoms with Gasteiger partial charge in [-0.15, -0.1) is 0 Å². The van der Waals surface area contributed by atoms with Crippen molar-refractivity contribution in [2.75, 3.05) is 6.54 Å². The van der Waals surface area contributed by atoms with Crippen molar-refractivity contribution in [1.82, 2.24) is 9.29 Å². The Hall–Kier alpha value is -0.0600. The molecule has 0 aromatic carbocycles. The number of nitrogens with zero attached hydrogens (tertiary/aromatic N) is 2. The van der Waals surface area contributed by atoms with E-state index in [-0.39, 0.29) is 0 Å². The molecular weight excluding hydrogens is 236 g/mol. The van der Waals surface area contributed by atoms with Crippen LogP contribution in [0.1, 0.15) is 12.5 Å². The molecule has 0 bridgehead atoms. The second-order valence-electron chi connectivity index (χ2n) is 2.49.